The van der Waals surface area contributed by atoms with E-state index in [-0.39, 0.29) is 11.7 Å². The summed E-state index contributed by atoms with van der Waals surface area (Å²) in [6.07, 6.45) is 1.26. The van der Waals surface area contributed by atoms with Crippen molar-refractivity contribution in [2.75, 3.05) is 6.61 Å². The Bertz CT molecular complexity index is 287. The molecule has 1 N–H and O–H groups in total. The second-order valence-corrected chi connectivity index (χ2v) is 5.03. The zero-order valence-electron chi connectivity index (χ0n) is 10.4. The van der Waals surface area contributed by atoms with E-state index < -0.39 is 0 Å². The van der Waals surface area contributed by atoms with Gasteiger partial charge in [0.05, 0.1) is 11.7 Å². The standard InChI is InChI=1S/C14H22O2/c1-14(2,3)16-11-7-10-13(15)12-8-5-4-6-9-12/h4-6,8-9,13,15H,7,10-11H2,1-3H3. The molecule has 0 saturated heterocycles. The highest BCUT2D eigenvalue weighted by molar-refractivity contribution is 5.16. The third kappa shape index (κ3) is 5.29. The number of rotatable bonds is 5. The van der Waals surface area contributed by atoms with Gasteiger partial charge in [-0.3, -0.25) is 0 Å². The highest BCUT2D eigenvalue weighted by atomic mass is 16.5. The molecule has 90 valence electrons. The first-order valence-electron chi connectivity index (χ1n) is 5.86. The first-order chi connectivity index (χ1) is 7.49. The maximum atomic E-state index is 9.89. The highest BCUT2D eigenvalue weighted by Crippen LogP contribution is 2.18. The molecular weight excluding hydrogens is 200 g/mol. The van der Waals surface area contributed by atoms with Crippen molar-refractivity contribution in [3.63, 3.8) is 0 Å². The molecule has 0 aliphatic heterocycles. The Kier molecular flexibility index (Phi) is 4.97. The Balaban J connectivity index is 2.24. The van der Waals surface area contributed by atoms with E-state index in [1.807, 2.05) is 51.1 Å². The SMILES string of the molecule is CC(C)(C)OCCCC(O)c1ccccc1. The van der Waals surface area contributed by atoms with Crippen molar-refractivity contribution in [2.24, 2.45) is 0 Å². The van der Waals surface area contributed by atoms with Gasteiger partial charge in [-0.2, -0.15) is 0 Å². The van der Waals surface area contributed by atoms with Crippen LogP contribution in [0.4, 0.5) is 0 Å². The number of hydrogen-bond acceptors (Lipinski definition) is 2. The predicted molar refractivity (Wildman–Crippen MR) is 66.3 cm³/mol. The number of benzene rings is 1. The molecular formula is C14H22O2. The number of hydrogen-bond donors (Lipinski definition) is 1. The van der Waals surface area contributed by atoms with Crippen LogP contribution in [0.25, 0.3) is 0 Å². The quantitative estimate of drug-likeness (QED) is 0.774. The van der Waals surface area contributed by atoms with Crippen LogP contribution in [0.15, 0.2) is 30.3 Å². The van der Waals surface area contributed by atoms with Crippen molar-refractivity contribution in [1.29, 1.82) is 0 Å². The van der Waals surface area contributed by atoms with Gasteiger partial charge in [0.2, 0.25) is 0 Å². The zero-order valence-corrected chi connectivity index (χ0v) is 10.4. The van der Waals surface area contributed by atoms with E-state index in [0.29, 0.717) is 6.61 Å². The maximum absolute atomic E-state index is 9.89. The molecule has 0 saturated carbocycles. The maximum Gasteiger partial charge on any atom is 0.0790 e. The molecule has 0 bridgehead atoms. The van der Waals surface area contributed by atoms with Gasteiger partial charge in [-0.1, -0.05) is 30.3 Å². The summed E-state index contributed by atoms with van der Waals surface area (Å²) in [5.41, 5.74) is 0.899. The van der Waals surface area contributed by atoms with E-state index in [2.05, 4.69) is 0 Å². The summed E-state index contributed by atoms with van der Waals surface area (Å²) in [6.45, 7) is 6.83. The lowest BCUT2D eigenvalue weighted by Crippen LogP contribution is -2.19. The Hall–Kier alpha value is -0.860. The van der Waals surface area contributed by atoms with E-state index in [4.69, 9.17) is 4.74 Å². The molecule has 1 atom stereocenters. The van der Waals surface area contributed by atoms with Crippen molar-refractivity contribution in [2.45, 2.75) is 45.3 Å². The van der Waals surface area contributed by atoms with Gasteiger partial charge in [-0.05, 0) is 39.2 Å². The van der Waals surface area contributed by atoms with Gasteiger partial charge in [0.15, 0.2) is 0 Å². The van der Waals surface area contributed by atoms with E-state index in [1.54, 1.807) is 0 Å². The third-order valence-electron chi connectivity index (χ3n) is 2.34. The normalized spacial score (nSPS) is 13.8. The molecule has 0 aliphatic carbocycles. The molecule has 0 aliphatic rings. The lowest BCUT2D eigenvalue weighted by molar-refractivity contribution is -0.00869. The molecule has 0 radical (unpaired) electrons. The molecule has 1 unspecified atom stereocenters. The molecule has 0 aromatic heterocycles. The Morgan fingerprint density at radius 2 is 1.81 bits per heavy atom. The molecule has 0 spiro atoms. The minimum Gasteiger partial charge on any atom is -0.388 e. The van der Waals surface area contributed by atoms with Crippen molar-refractivity contribution in [1.82, 2.24) is 0 Å². The van der Waals surface area contributed by atoms with Crippen LogP contribution in [0.1, 0.15) is 45.3 Å². The van der Waals surface area contributed by atoms with Crippen LogP contribution in [0, 0.1) is 0 Å². The van der Waals surface area contributed by atoms with Crippen LogP contribution in [0.3, 0.4) is 0 Å². The van der Waals surface area contributed by atoms with E-state index in [9.17, 15) is 5.11 Å². The van der Waals surface area contributed by atoms with Crippen molar-refractivity contribution in [3.8, 4) is 0 Å². The van der Waals surface area contributed by atoms with Crippen LogP contribution in [0.5, 0.6) is 0 Å². The van der Waals surface area contributed by atoms with Gasteiger partial charge in [0, 0.05) is 6.61 Å². The van der Waals surface area contributed by atoms with Crippen molar-refractivity contribution >= 4 is 0 Å². The average molecular weight is 222 g/mol. The molecule has 0 amide bonds. The molecule has 2 nitrogen and oxygen atoms in total. The minimum absolute atomic E-state index is 0.0856. The van der Waals surface area contributed by atoms with Crippen molar-refractivity contribution in [3.05, 3.63) is 35.9 Å². The van der Waals surface area contributed by atoms with Gasteiger partial charge in [-0.15, -0.1) is 0 Å². The van der Waals surface area contributed by atoms with Gasteiger partial charge < -0.3 is 9.84 Å². The average Bonchev–Trinajstić information content (AvgIpc) is 2.24. The smallest absolute Gasteiger partial charge is 0.0790 e. The second-order valence-electron chi connectivity index (χ2n) is 5.03. The topological polar surface area (TPSA) is 29.5 Å². The Morgan fingerprint density at radius 3 is 2.38 bits per heavy atom. The van der Waals surface area contributed by atoms with Crippen LogP contribution in [-0.2, 0) is 4.74 Å². The Morgan fingerprint density at radius 1 is 1.19 bits per heavy atom. The fourth-order valence-electron chi connectivity index (χ4n) is 1.50. The summed E-state index contributed by atoms with van der Waals surface area (Å²) in [5.74, 6) is 0. The van der Waals surface area contributed by atoms with Crippen LogP contribution >= 0.6 is 0 Å². The minimum atomic E-state index is -0.371. The zero-order chi connectivity index (χ0) is 12.0. The summed E-state index contributed by atoms with van der Waals surface area (Å²) in [7, 11) is 0. The summed E-state index contributed by atoms with van der Waals surface area (Å²) in [4.78, 5) is 0. The predicted octanol–water partition coefficient (Wildman–Crippen LogP) is 3.32. The van der Waals surface area contributed by atoms with Gasteiger partial charge >= 0.3 is 0 Å². The highest BCUT2D eigenvalue weighted by Gasteiger charge is 2.11. The molecule has 0 heterocycles. The van der Waals surface area contributed by atoms with Crippen LogP contribution in [0.2, 0.25) is 0 Å². The van der Waals surface area contributed by atoms with Gasteiger partial charge in [0.25, 0.3) is 0 Å². The largest absolute Gasteiger partial charge is 0.388 e. The number of aliphatic hydroxyl groups excluding tert-OH is 1. The fraction of sp³-hybridized carbons (Fsp3) is 0.571. The van der Waals surface area contributed by atoms with Gasteiger partial charge in [0.1, 0.15) is 0 Å². The summed E-state index contributed by atoms with van der Waals surface area (Å²) in [6, 6.07) is 9.76. The van der Waals surface area contributed by atoms with E-state index >= 15 is 0 Å². The summed E-state index contributed by atoms with van der Waals surface area (Å²) < 4.78 is 5.60. The van der Waals surface area contributed by atoms with E-state index in [0.717, 1.165) is 18.4 Å². The third-order valence-corrected chi connectivity index (χ3v) is 2.34. The van der Waals surface area contributed by atoms with Crippen LogP contribution in [-0.4, -0.2) is 17.3 Å². The second kappa shape index (κ2) is 6.02. The molecule has 2 heteroatoms. The monoisotopic (exact) mass is 222 g/mol. The molecule has 16 heavy (non-hydrogen) atoms. The first-order valence-corrected chi connectivity index (χ1v) is 5.86. The summed E-state index contributed by atoms with van der Waals surface area (Å²) >= 11 is 0. The molecule has 0 fully saturated rings. The lowest BCUT2D eigenvalue weighted by Gasteiger charge is -2.20. The molecule has 1 aromatic rings. The number of ether oxygens (including phenoxy) is 1. The lowest BCUT2D eigenvalue weighted by atomic mass is 10.1. The van der Waals surface area contributed by atoms with Crippen LogP contribution < -0.4 is 0 Å². The first kappa shape index (κ1) is 13.2. The number of aliphatic hydroxyl groups is 1. The van der Waals surface area contributed by atoms with E-state index in [1.165, 1.54) is 0 Å². The molecule has 1 aromatic carbocycles. The summed E-state index contributed by atoms with van der Waals surface area (Å²) in [5, 5.41) is 9.89. The Labute approximate surface area is 98.3 Å². The van der Waals surface area contributed by atoms with Gasteiger partial charge in [-0.25, -0.2) is 0 Å². The fourth-order valence-corrected chi connectivity index (χ4v) is 1.50. The van der Waals surface area contributed by atoms with Crippen molar-refractivity contribution < 1.29 is 9.84 Å². The molecule has 1 rings (SSSR count).